The zero-order chi connectivity index (χ0) is 42.6. The van der Waals surface area contributed by atoms with Crippen LogP contribution in [0.3, 0.4) is 0 Å². The van der Waals surface area contributed by atoms with E-state index in [0.29, 0.717) is 0 Å². The van der Waals surface area contributed by atoms with E-state index >= 15 is 0 Å². The third kappa shape index (κ3) is 6.97. The van der Waals surface area contributed by atoms with Gasteiger partial charge in [0.2, 0.25) is 0 Å². The van der Waals surface area contributed by atoms with Crippen molar-refractivity contribution in [2.24, 2.45) is 17.3 Å². The number of fused-ring (bicyclic) bond motifs is 5. The summed E-state index contributed by atoms with van der Waals surface area (Å²) >= 11 is 0. The van der Waals surface area contributed by atoms with E-state index in [1.807, 2.05) is 0 Å². The van der Waals surface area contributed by atoms with Crippen molar-refractivity contribution in [3.8, 4) is 0 Å². The maximum atomic E-state index is 14.3. The van der Waals surface area contributed by atoms with E-state index in [1.54, 1.807) is 6.92 Å². The van der Waals surface area contributed by atoms with Gasteiger partial charge >= 0.3 is 47.8 Å². The Bertz CT molecular complexity index is 1860. The van der Waals surface area contributed by atoms with E-state index in [0.717, 1.165) is 48.5 Å². The summed E-state index contributed by atoms with van der Waals surface area (Å²) in [5, 5.41) is 13.4. The Morgan fingerprint density at radius 2 is 1.30 bits per heavy atom. The first kappa shape index (κ1) is 43.0. The number of carbonyl (C=O) groups excluding carboxylic acids is 8. The van der Waals surface area contributed by atoms with Crippen LogP contribution >= 0.6 is 0 Å². The van der Waals surface area contributed by atoms with Crippen LogP contribution in [-0.2, 0) is 76.2 Å². The molecule has 2 saturated carbocycles. The van der Waals surface area contributed by atoms with Crippen LogP contribution < -0.4 is 0 Å². The number of ether oxygens (including phenoxy) is 9. The van der Waals surface area contributed by atoms with Crippen LogP contribution in [0.2, 0.25) is 0 Å². The summed E-state index contributed by atoms with van der Waals surface area (Å²) in [7, 11) is 0. The van der Waals surface area contributed by atoms with Crippen LogP contribution in [0, 0.1) is 17.3 Å². The monoisotopic (exact) mass is 805 g/mol. The zero-order valence-electron chi connectivity index (χ0n) is 33.2. The van der Waals surface area contributed by atoms with Gasteiger partial charge < -0.3 is 47.7 Å². The highest BCUT2D eigenvalue weighted by Crippen LogP contribution is 2.70. The van der Waals surface area contributed by atoms with Crippen molar-refractivity contribution in [2.45, 2.75) is 129 Å². The Morgan fingerprint density at radius 3 is 1.84 bits per heavy atom. The second kappa shape index (κ2) is 15.3. The lowest BCUT2D eigenvalue weighted by Crippen LogP contribution is -2.89. The lowest BCUT2D eigenvalue weighted by Gasteiger charge is -2.67. The Morgan fingerprint density at radius 1 is 0.772 bits per heavy atom. The molecule has 4 bridgehead atoms. The van der Waals surface area contributed by atoms with E-state index in [4.69, 9.17) is 42.6 Å². The van der Waals surface area contributed by atoms with Gasteiger partial charge in [-0.1, -0.05) is 13.8 Å². The van der Waals surface area contributed by atoms with Crippen molar-refractivity contribution in [1.82, 2.24) is 4.98 Å². The lowest BCUT2D eigenvalue weighted by molar-refractivity contribution is -0.387. The molecule has 1 aromatic heterocycles. The fraction of sp³-hybridized carbons (Fsp3) is 0.658. The number of hydrogen-bond donors (Lipinski definition) is 1. The first-order valence-corrected chi connectivity index (χ1v) is 18.2. The molecule has 1 spiro atoms. The molecule has 2 aliphatic heterocycles. The van der Waals surface area contributed by atoms with E-state index in [9.17, 15) is 43.5 Å². The Balaban J connectivity index is 2.01. The fourth-order valence-electron chi connectivity index (χ4n) is 9.25. The Labute approximate surface area is 327 Å². The molecule has 1 aromatic rings. The van der Waals surface area contributed by atoms with Gasteiger partial charge in [0.1, 0.15) is 42.0 Å². The Hall–Kier alpha value is -5.17. The third-order valence-corrected chi connectivity index (χ3v) is 11.4. The number of nitrogens with zero attached hydrogens (tertiary/aromatic N) is 1. The number of cyclic esters (lactones) is 1. The average Bonchev–Trinajstić information content (AvgIpc) is 3.32. The van der Waals surface area contributed by atoms with Crippen molar-refractivity contribution in [3.05, 3.63) is 29.6 Å². The molecule has 312 valence electrons. The Kier molecular flexibility index (Phi) is 11.5. The highest BCUT2D eigenvalue weighted by Gasteiger charge is 2.92. The van der Waals surface area contributed by atoms with Crippen molar-refractivity contribution in [3.63, 3.8) is 0 Å². The topological polar surface area (TPSA) is 253 Å². The molecular weight excluding hydrogens is 758 g/mol. The summed E-state index contributed by atoms with van der Waals surface area (Å²) in [5.74, 6) is -11.6. The van der Waals surface area contributed by atoms with Crippen LogP contribution in [0.4, 0.5) is 0 Å². The number of rotatable bonds is 7. The summed E-state index contributed by atoms with van der Waals surface area (Å²) in [6.45, 7) is 9.67. The second-order valence-corrected chi connectivity index (χ2v) is 15.3. The predicted molar refractivity (Wildman–Crippen MR) is 185 cm³/mol. The van der Waals surface area contributed by atoms with E-state index < -0.39 is 138 Å². The molecule has 0 aromatic carbocycles. The molecule has 13 atom stereocenters. The maximum absolute atomic E-state index is 14.3. The minimum atomic E-state index is -2.82. The molecule has 57 heavy (non-hydrogen) atoms. The average molecular weight is 806 g/mol. The van der Waals surface area contributed by atoms with E-state index in [-0.39, 0.29) is 11.3 Å². The molecule has 19 nitrogen and oxygen atoms in total. The van der Waals surface area contributed by atoms with Gasteiger partial charge in [0.25, 0.3) is 0 Å². The molecule has 4 aliphatic rings. The van der Waals surface area contributed by atoms with Crippen molar-refractivity contribution in [2.75, 3.05) is 13.2 Å². The van der Waals surface area contributed by atoms with Gasteiger partial charge in [-0.15, -0.1) is 0 Å². The van der Waals surface area contributed by atoms with Crippen LogP contribution in [0.25, 0.3) is 0 Å². The number of aliphatic hydroxyl groups is 1. The third-order valence-electron chi connectivity index (χ3n) is 11.4. The number of hydrogen-bond acceptors (Lipinski definition) is 19. The smallest absolute Gasteiger partial charge is 0.340 e. The molecule has 0 amide bonds. The SMILES string of the molecule is CC(=O)OC[C@]12[C@H](OC(C)=O)[C@H](OC(C)=O)[C@@H]3[C@@H](OC(C)=O)[C@@]14O[C@@]3(C)COC(=O)c1cccnc1C(C)C(C)C(=O)O[C@@H]([C@H](OC(C)=O)[C@@H]2OC(C)=O)[C@]4(C)O. The van der Waals surface area contributed by atoms with Gasteiger partial charge in [0.15, 0.2) is 30.0 Å². The highest BCUT2D eigenvalue weighted by atomic mass is 16.7. The van der Waals surface area contributed by atoms with E-state index in [2.05, 4.69) is 4.98 Å². The first-order chi connectivity index (χ1) is 26.5. The first-order valence-electron chi connectivity index (χ1n) is 18.2. The molecule has 5 rings (SSSR count). The normalized spacial score (nSPS) is 38.2. The highest BCUT2D eigenvalue weighted by molar-refractivity contribution is 5.91. The van der Waals surface area contributed by atoms with E-state index in [1.165, 1.54) is 32.2 Å². The van der Waals surface area contributed by atoms with Gasteiger partial charge in [-0.3, -0.25) is 38.5 Å². The number of pyridine rings is 1. The standard InChI is InChI=1S/C38H47NO18/c1-16-17(2)33(46)56-30-28(52-20(5)42)32(55-23(8)45)37(15-49-18(3)40)31(54-22(7)44)27(51-19(4)41)25-29(53-21(6)43)38(37,36(30,10)48)57-35(25,9)14-50-34(47)24-12-11-13-39-26(16)24/h11-13,16-17,25,27-32,48H,14-15H2,1-10H3/t16?,17?,25-,27-,28+,29-,30+,31-,32+,35+,36+,37-,38+/m1/s1. The van der Waals surface area contributed by atoms with Gasteiger partial charge in [0, 0.05) is 53.7 Å². The quantitative estimate of drug-likeness (QED) is 0.298. The summed E-state index contributed by atoms with van der Waals surface area (Å²) in [5.41, 5.74) is -10.1. The summed E-state index contributed by atoms with van der Waals surface area (Å²) < 4.78 is 54.3. The molecular formula is C38H47NO18. The number of carbonyl (C=O) groups is 8. The van der Waals surface area contributed by atoms with Crippen LogP contribution in [0.1, 0.15) is 91.2 Å². The molecule has 3 heterocycles. The molecule has 3 fully saturated rings. The van der Waals surface area contributed by atoms with Crippen LogP contribution in [0.5, 0.6) is 0 Å². The lowest BCUT2D eigenvalue weighted by atomic mass is 9.45. The van der Waals surface area contributed by atoms with Crippen molar-refractivity contribution < 1.29 is 86.1 Å². The predicted octanol–water partition coefficient (Wildman–Crippen LogP) is 1.03. The maximum Gasteiger partial charge on any atom is 0.340 e. The van der Waals surface area contributed by atoms with Crippen LogP contribution in [0.15, 0.2) is 18.3 Å². The van der Waals surface area contributed by atoms with Crippen molar-refractivity contribution >= 4 is 47.8 Å². The molecule has 1 N–H and O–H groups in total. The van der Waals surface area contributed by atoms with Gasteiger partial charge in [-0.05, 0) is 26.0 Å². The zero-order valence-corrected chi connectivity index (χ0v) is 33.2. The summed E-state index contributed by atoms with van der Waals surface area (Å²) in [6.07, 6.45) is -10.5. The summed E-state index contributed by atoms with van der Waals surface area (Å²) in [4.78, 5) is 111. The number of aromatic nitrogens is 1. The molecule has 1 saturated heterocycles. The molecule has 2 unspecified atom stereocenters. The minimum absolute atomic E-state index is 0.0422. The number of esters is 8. The second-order valence-electron chi connectivity index (χ2n) is 15.3. The van der Waals surface area contributed by atoms with Gasteiger partial charge in [0.05, 0.1) is 23.1 Å². The fourth-order valence-corrected chi connectivity index (χ4v) is 9.25. The largest absolute Gasteiger partial charge is 0.465 e. The van der Waals surface area contributed by atoms with Gasteiger partial charge in [-0.25, -0.2) is 4.79 Å². The van der Waals surface area contributed by atoms with Crippen molar-refractivity contribution in [1.29, 1.82) is 0 Å². The van der Waals surface area contributed by atoms with Crippen LogP contribution in [-0.4, -0.2) is 124 Å². The molecule has 2 aliphatic carbocycles. The minimum Gasteiger partial charge on any atom is -0.465 e. The van der Waals surface area contributed by atoms with Gasteiger partial charge in [-0.2, -0.15) is 0 Å². The summed E-state index contributed by atoms with van der Waals surface area (Å²) in [6, 6.07) is 2.89. The molecule has 0 radical (unpaired) electrons. The molecule has 19 heteroatoms.